The molecule has 6 nitrogen and oxygen atoms in total. The summed E-state index contributed by atoms with van der Waals surface area (Å²) in [4.78, 5) is 21.3. The number of anilines is 1. The van der Waals surface area contributed by atoms with Crippen molar-refractivity contribution in [1.82, 2.24) is 18.9 Å². The second-order valence-corrected chi connectivity index (χ2v) is 6.01. The minimum absolute atomic E-state index is 0.112. The maximum absolute atomic E-state index is 13.5. The van der Waals surface area contributed by atoms with Crippen molar-refractivity contribution < 1.29 is 13.2 Å². The van der Waals surface area contributed by atoms with Gasteiger partial charge < -0.3 is 5.32 Å². The van der Waals surface area contributed by atoms with Crippen molar-refractivity contribution in [3.05, 3.63) is 64.5 Å². The van der Waals surface area contributed by atoms with Gasteiger partial charge in [-0.05, 0) is 31.2 Å². The van der Waals surface area contributed by atoms with E-state index in [1.165, 1.54) is 22.2 Å². The number of rotatable bonds is 2. The molecule has 0 saturated heterocycles. The lowest BCUT2D eigenvalue weighted by molar-refractivity contribution is -0.137. The summed E-state index contributed by atoms with van der Waals surface area (Å²) in [5, 5.41) is 2.80. The van der Waals surface area contributed by atoms with Crippen LogP contribution in [0.4, 0.5) is 18.9 Å². The van der Waals surface area contributed by atoms with Crippen LogP contribution in [0, 0.1) is 6.92 Å². The molecule has 1 aromatic carbocycles. The number of hydrogen-bond donors (Lipinski definition) is 1. The number of nitrogens with zero attached hydrogens (tertiary/aromatic N) is 4. The van der Waals surface area contributed by atoms with Gasteiger partial charge in [-0.1, -0.05) is 0 Å². The average molecular weight is 373 g/mol. The van der Waals surface area contributed by atoms with Gasteiger partial charge in [-0.3, -0.25) is 18.7 Å². The van der Waals surface area contributed by atoms with E-state index in [0.717, 1.165) is 12.1 Å². The molecule has 0 aliphatic heterocycles. The molecule has 0 spiro atoms. The fourth-order valence-corrected chi connectivity index (χ4v) is 3.20. The summed E-state index contributed by atoms with van der Waals surface area (Å²) in [6, 6.07) is 5.26. The zero-order valence-electron chi connectivity index (χ0n) is 14.4. The molecule has 0 fully saturated rings. The van der Waals surface area contributed by atoms with Gasteiger partial charge in [-0.25, -0.2) is 4.98 Å². The number of nitrogens with one attached hydrogen (secondary N) is 1. The Bertz CT molecular complexity index is 1240. The van der Waals surface area contributed by atoms with Gasteiger partial charge >= 0.3 is 6.18 Å². The van der Waals surface area contributed by atoms with E-state index in [-0.39, 0.29) is 16.9 Å². The first-order valence-corrected chi connectivity index (χ1v) is 8.05. The molecule has 0 atom stereocenters. The minimum Gasteiger partial charge on any atom is -0.386 e. The van der Waals surface area contributed by atoms with E-state index in [1.807, 2.05) is 0 Å². The molecule has 4 rings (SSSR count). The van der Waals surface area contributed by atoms with Crippen molar-refractivity contribution in [1.29, 1.82) is 0 Å². The Balaban J connectivity index is 2.29. The molecule has 0 radical (unpaired) electrons. The Hall–Kier alpha value is -3.36. The molecule has 0 aliphatic rings. The van der Waals surface area contributed by atoms with Crippen LogP contribution in [0.2, 0.25) is 0 Å². The molecular weight excluding hydrogens is 359 g/mol. The van der Waals surface area contributed by atoms with E-state index in [0.29, 0.717) is 16.9 Å². The molecule has 27 heavy (non-hydrogen) atoms. The Morgan fingerprint density at radius 2 is 1.93 bits per heavy atom. The van der Waals surface area contributed by atoms with Gasteiger partial charge in [0.05, 0.1) is 33.7 Å². The molecule has 3 heterocycles. The first kappa shape index (κ1) is 17.1. The van der Waals surface area contributed by atoms with E-state index in [4.69, 9.17) is 0 Å². The van der Waals surface area contributed by atoms with Gasteiger partial charge in [0.1, 0.15) is 0 Å². The van der Waals surface area contributed by atoms with Gasteiger partial charge in [0.25, 0.3) is 5.56 Å². The van der Waals surface area contributed by atoms with Gasteiger partial charge in [-0.2, -0.15) is 13.2 Å². The lowest BCUT2D eigenvalue weighted by Crippen LogP contribution is -2.23. The SMILES string of the molecule is CNc1cc(C(F)(F)F)cc2c1n1ccnc1c(=O)n2-c1cccnc1C. The Morgan fingerprint density at radius 3 is 2.59 bits per heavy atom. The zero-order chi connectivity index (χ0) is 19.3. The number of hydrogen-bond acceptors (Lipinski definition) is 4. The van der Waals surface area contributed by atoms with E-state index in [1.54, 1.807) is 31.5 Å². The summed E-state index contributed by atoms with van der Waals surface area (Å²) in [5.41, 5.74) is 0.417. The maximum Gasteiger partial charge on any atom is 0.416 e. The third-order valence-electron chi connectivity index (χ3n) is 4.42. The second kappa shape index (κ2) is 5.83. The Morgan fingerprint density at radius 1 is 1.15 bits per heavy atom. The number of pyridine rings is 1. The van der Waals surface area contributed by atoms with Crippen LogP contribution in [0.15, 0.2) is 47.7 Å². The lowest BCUT2D eigenvalue weighted by atomic mass is 10.1. The highest BCUT2D eigenvalue weighted by atomic mass is 19.4. The van der Waals surface area contributed by atoms with Gasteiger partial charge in [0.2, 0.25) is 5.65 Å². The number of fused-ring (bicyclic) bond motifs is 3. The van der Waals surface area contributed by atoms with Crippen LogP contribution in [0.5, 0.6) is 0 Å². The summed E-state index contributed by atoms with van der Waals surface area (Å²) in [7, 11) is 1.53. The summed E-state index contributed by atoms with van der Waals surface area (Å²) >= 11 is 0. The summed E-state index contributed by atoms with van der Waals surface area (Å²) < 4.78 is 43.1. The van der Waals surface area contributed by atoms with E-state index < -0.39 is 17.3 Å². The van der Waals surface area contributed by atoms with Crippen molar-refractivity contribution >= 4 is 22.4 Å². The third-order valence-corrected chi connectivity index (χ3v) is 4.42. The molecule has 0 bridgehead atoms. The van der Waals surface area contributed by atoms with Crippen molar-refractivity contribution in [2.45, 2.75) is 13.1 Å². The van der Waals surface area contributed by atoms with Gasteiger partial charge in [0.15, 0.2) is 0 Å². The van der Waals surface area contributed by atoms with Crippen molar-refractivity contribution in [3.63, 3.8) is 0 Å². The topological polar surface area (TPSA) is 64.2 Å². The molecule has 3 aromatic heterocycles. The normalized spacial score (nSPS) is 12.0. The van der Waals surface area contributed by atoms with Crippen LogP contribution in [0.25, 0.3) is 22.4 Å². The molecule has 0 amide bonds. The molecule has 0 unspecified atom stereocenters. The predicted octanol–water partition coefficient (Wildman–Crippen LogP) is 3.40. The predicted molar refractivity (Wildman–Crippen MR) is 95.4 cm³/mol. The van der Waals surface area contributed by atoms with Crippen LogP contribution in [-0.4, -0.2) is 26.0 Å². The highest BCUT2D eigenvalue weighted by Crippen LogP contribution is 2.35. The monoisotopic (exact) mass is 373 g/mol. The highest BCUT2D eigenvalue weighted by Gasteiger charge is 2.32. The van der Waals surface area contributed by atoms with Crippen LogP contribution >= 0.6 is 0 Å². The fraction of sp³-hybridized carbons (Fsp3) is 0.167. The fourth-order valence-electron chi connectivity index (χ4n) is 3.20. The quantitative estimate of drug-likeness (QED) is 0.585. The van der Waals surface area contributed by atoms with E-state index in [2.05, 4.69) is 15.3 Å². The van der Waals surface area contributed by atoms with Crippen LogP contribution in [0.3, 0.4) is 0 Å². The molecule has 0 saturated carbocycles. The second-order valence-electron chi connectivity index (χ2n) is 6.01. The number of imidazole rings is 1. The first-order chi connectivity index (χ1) is 12.8. The standard InChI is InChI=1S/C18H14F3N5O/c1-10-13(4-3-5-23-10)26-14-9-11(18(19,20)21)8-12(22-2)15(14)25-7-6-24-16(25)17(26)27/h3-9,22H,1-2H3. The third kappa shape index (κ3) is 2.54. The maximum atomic E-state index is 13.5. The Labute approximate surface area is 150 Å². The van der Waals surface area contributed by atoms with E-state index in [9.17, 15) is 18.0 Å². The molecule has 138 valence electrons. The number of alkyl halides is 3. The number of benzene rings is 1. The van der Waals surface area contributed by atoms with Crippen LogP contribution in [-0.2, 0) is 6.18 Å². The van der Waals surface area contributed by atoms with Gasteiger partial charge in [-0.15, -0.1) is 0 Å². The molecular formula is C18H14F3N5O. The largest absolute Gasteiger partial charge is 0.416 e. The van der Waals surface area contributed by atoms with Crippen LogP contribution < -0.4 is 10.9 Å². The van der Waals surface area contributed by atoms with Crippen LogP contribution in [0.1, 0.15) is 11.3 Å². The minimum atomic E-state index is -4.56. The summed E-state index contributed by atoms with van der Waals surface area (Å²) in [5.74, 6) is 0. The molecule has 4 aromatic rings. The highest BCUT2D eigenvalue weighted by molar-refractivity contribution is 5.92. The average Bonchev–Trinajstić information content (AvgIpc) is 3.11. The molecule has 9 heteroatoms. The van der Waals surface area contributed by atoms with E-state index >= 15 is 0 Å². The molecule has 0 aliphatic carbocycles. The lowest BCUT2D eigenvalue weighted by Gasteiger charge is -2.18. The number of halogens is 3. The Kier molecular flexibility index (Phi) is 3.69. The van der Waals surface area contributed by atoms with Crippen molar-refractivity contribution in [3.8, 4) is 5.69 Å². The first-order valence-electron chi connectivity index (χ1n) is 8.05. The molecule has 1 N–H and O–H groups in total. The number of aryl methyl sites for hydroxylation is 1. The summed E-state index contributed by atoms with van der Waals surface area (Å²) in [6.45, 7) is 1.69. The smallest absolute Gasteiger partial charge is 0.386 e. The van der Waals surface area contributed by atoms with Crippen molar-refractivity contribution in [2.24, 2.45) is 0 Å². The zero-order valence-corrected chi connectivity index (χ0v) is 14.4. The van der Waals surface area contributed by atoms with Crippen molar-refractivity contribution in [2.75, 3.05) is 12.4 Å². The van der Waals surface area contributed by atoms with Gasteiger partial charge in [0, 0.05) is 25.6 Å². The summed E-state index contributed by atoms with van der Waals surface area (Å²) in [6.07, 6.45) is -0.0177. The number of aromatic nitrogens is 4.